The topological polar surface area (TPSA) is 73.5 Å². The van der Waals surface area contributed by atoms with E-state index in [-0.39, 0.29) is 11.9 Å². The van der Waals surface area contributed by atoms with Crippen LogP contribution >= 0.6 is 0 Å². The van der Waals surface area contributed by atoms with Crippen molar-refractivity contribution in [3.63, 3.8) is 0 Å². The molecule has 0 radical (unpaired) electrons. The van der Waals surface area contributed by atoms with E-state index in [9.17, 15) is 9.59 Å². The summed E-state index contributed by atoms with van der Waals surface area (Å²) >= 11 is 0. The molecule has 1 heterocycles. The highest BCUT2D eigenvalue weighted by Gasteiger charge is 2.25. The monoisotopic (exact) mass is 276 g/mol. The third kappa shape index (κ3) is 2.91. The van der Waals surface area contributed by atoms with Gasteiger partial charge < -0.3 is 16.0 Å². The van der Waals surface area contributed by atoms with E-state index < -0.39 is 5.54 Å². The van der Waals surface area contributed by atoms with Crippen molar-refractivity contribution in [1.82, 2.24) is 10.6 Å². The van der Waals surface area contributed by atoms with Crippen molar-refractivity contribution in [1.29, 1.82) is 0 Å². The smallest absolute Gasteiger partial charge is 0.321 e. The largest absolute Gasteiger partial charge is 0.336 e. The van der Waals surface area contributed by atoms with Gasteiger partial charge in [0, 0.05) is 24.5 Å². The Morgan fingerprint density at radius 1 is 1.30 bits per heavy atom. The molecule has 0 saturated carbocycles. The average Bonchev–Trinajstić information content (AvgIpc) is 2.86. The maximum Gasteiger partial charge on any atom is 0.321 e. The fourth-order valence-corrected chi connectivity index (χ4v) is 1.84. The van der Waals surface area contributed by atoms with Crippen LogP contribution in [0, 0.1) is 0 Å². The van der Waals surface area contributed by atoms with Crippen molar-refractivity contribution < 1.29 is 9.59 Å². The van der Waals surface area contributed by atoms with Gasteiger partial charge in [0.05, 0.1) is 5.54 Å². The highest BCUT2D eigenvalue weighted by atomic mass is 16.2. The number of nitrogens with zero attached hydrogens (tertiary/aromatic N) is 1. The molecule has 20 heavy (non-hydrogen) atoms. The first-order chi connectivity index (χ1) is 9.44. The van der Waals surface area contributed by atoms with Crippen molar-refractivity contribution in [2.45, 2.75) is 19.4 Å². The second-order valence-electron chi connectivity index (χ2n) is 5.26. The fraction of sp³-hybridized carbons (Fsp3) is 0.429. The van der Waals surface area contributed by atoms with E-state index in [0.717, 1.165) is 5.69 Å². The molecule has 3 amide bonds. The Kier molecular flexibility index (Phi) is 3.94. The molecule has 0 unspecified atom stereocenters. The average molecular weight is 276 g/mol. The summed E-state index contributed by atoms with van der Waals surface area (Å²) in [5, 5.41) is 8.54. The molecule has 1 aromatic rings. The fourth-order valence-electron chi connectivity index (χ4n) is 1.84. The Bertz CT molecular complexity index is 510. The predicted molar refractivity (Wildman–Crippen MR) is 79.0 cm³/mol. The Balaban J connectivity index is 2.05. The van der Waals surface area contributed by atoms with Crippen LogP contribution in [0.2, 0.25) is 0 Å². The van der Waals surface area contributed by atoms with Gasteiger partial charge >= 0.3 is 6.03 Å². The molecule has 1 aliphatic rings. The van der Waals surface area contributed by atoms with Crippen molar-refractivity contribution in [2.75, 3.05) is 30.4 Å². The first-order valence-electron chi connectivity index (χ1n) is 6.60. The minimum Gasteiger partial charge on any atom is -0.336 e. The molecule has 2 rings (SSSR count). The SMILES string of the molecule is CNC(C)(C)C(=O)Nc1ccc(N2CCNC2=O)cc1. The van der Waals surface area contributed by atoms with Crippen LogP contribution in [-0.2, 0) is 4.79 Å². The Labute approximate surface area is 118 Å². The molecule has 0 aliphatic carbocycles. The molecule has 1 aromatic carbocycles. The van der Waals surface area contributed by atoms with Crippen LogP contribution in [0.5, 0.6) is 0 Å². The number of rotatable bonds is 4. The van der Waals surface area contributed by atoms with E-state index in [1.54, 1.807) is 24.1 Å². The third-order valence-electron chi connectivity index (χ3n) is 3.49. The van der Waals surface area contributed by atoms with Gasteiger partial charge in [-0.1, -0.05) is 0 Å². The molecule has 1 saturated heterocycles. The van der Waals surface area contributed by atoms with Crippen molar-refractivity contribution >= 4 is 23.3 Å². The summed E-state index contributed by atoms with van der Waals surface area (Å²) < 4.78 is 0. The molecule has 1 fully saturated rings. The number of carbonyl (C=O) groups excluding carboxylic acids is 2. The van der Waals surface area contributed by atoms with E-state index >= 15 is 0 Å². The summed E-state index contributed by atoms with van der Waals surface area (Å²) in [6.45, 7) is 4.95. The normalized spacial score (nSPS) is 15.2. The minimum absolute atomic E-state index is 0.0851. The number of amides is 3. The number of benzene rings is 1. The van der Waals surface area contributed by atoms with Gasteiger partial charge in [0.1, 0.15) is 0 Å². The lowest BCUT2D eigenvalue weighted by molar-refractivity contribution is -0.121. The summed E-state index contributed by atoms with van der Waals surface area (Å²) in [6, 6.07) is 7.16. The number of hydrogen-bond acceptors (Lipinski definition) is 3. The zero-order chi connectivity index (χ0) is 14.8. The van der Waals surface area contributed by atoms with Gasteiger partial charge in [-0.3, -0.25) is 9.69 Å². The molecular formula is C14H20N4O2. The first-order valence-corrected chi connectivity index (χ1v) is 6.60. The molecule has 0 aromatic heterocycles. The van der Waals surface area contributed by atoms with Gasteiger partial charge in [-0.25, -0.2) is 4.79 Å². The van der Waals surface area contributed by atoms with Crippen LogP contribution in [0.25, 0.3) is 0 Å². The summed E-state index contributed by atoms with van der Waals surface area (Å²) in [4.78, 5) is 25.2. The summed E-state index contributed by atoms with van der Waals surface area (Å²) in [6.07, 6.45) is 0. The zero-order valence-electron chi connectivity index (χ0n) is 12.0. The lowest BCUT2D eigenvalue weighted by Gasteiger charge is -2.23. The third-order valence-corrected chi connectivity index (χ3v) is 3.49. The molecule has 3 N–H and O–H groups in total. The number of hydrogen-bond donors (Lipinski definition) is 3. The van der Waals surface area contributed by atoms with Crippen LogP contribution < -0.4 is 20.9 Å². The van der Waals surface area contributed by atoms with E-state index in [1.165, 1.54) is 0 Å². The van der Waals surface area contributed by atoms with Crippen molar-refractivity contribution in [3.05, 3.63) is 24.3 Å². The molecule has 0 atom stereocenters. The lowest BCUT2D eigenvalue weighted by Crippen LogP contribution is -2.47. The van der Waals surface area contributed by atoms with Gasteiger partial charge in [-0.15, -0.1) is 0 Å². The Hall–Kier alpha value is -2.08. The maximum atomic E-state index is 12.0. The molecule has 0 bridgehead atoms. The van der Waals surface area contributed by atoms with E-state index in [2.05, 4.69) is 16.0 Å². The van der Waals surface area contributed by atoms with Gasteiger partial charge in [-0.05, 0) is 45.2 Å². The van der Waals surface area contributed by atoms with E-state index in [4.69, 9.17) is 0 Å². The van der Waals surface area contributed by atoms with E-state index in [0.29, 0.717) is 18.8 Å². The van der Waals surface area contributed by atoms with Crippen molar-refractivity contribution in [3.8, 4) is 0 Å². The standard InChI is InChI=1S/C14H20N4O2/c1-14(2,15-3)12(19)17-10-4-6-11(7-5-10)18-9-8-16-13(18)20/h4-7,15H,8-9H2,1-3H3,(H,16,20)(H,17,19). The lowest BCUT2D eigenvalue weighted by atomic mass is 10.1. The quantitative estimate of drug-likeness (QED) is 0.772. The second-order valence-corrected chi connectivity index (χ2v) is 5.26. The van der Waals surface area contributed by atoms with Crippen LogP contribution in [0.4, 0.5) is 16.2 Å². The second kappa shape index (κ2) is 5.50. The number of anilines is 2. The van der Waals surface area contributed by atoms with Crippen LogP contribution in [-0.4, -0.2) is 37.6 Å². The highest BCUT2D eigenvalue weighted by Crippen LogP contribution is 2.20. The minimum atomic E-state index is -0.631. The highest BCUT2D eigenvalue weighted by molar-refractivity contribution is 5.98. The van der Waals surface area contributed by atoms with Gasteiger partial charge in [-0.2, -0.15) is 0 Å². The van der Waals surface area contributed by atoms with Crippen LogP contribution in [0.15, 0.2) is 24.3 Å². The number of carbonyl (C=O) groups is 2. The molecule has 6 nitrogen and oxygen atoms in total. The van der Waals surface area contributed by atoms with E-state index in [1.807, 2.05) is 26.0 Å². The Morgan fingerprint density at radius 3 is 2.45 bits per heavy atom. The summed E-state index contributed by atoms with van der Waals surface area (Å²) in [7, 11) is 1.74. The zero-order valence-corrected chi connectivity index (χ0v) is 12.0. The summed E-state index contributed by atoms with van der Waals surface area (Å²) in [5.41, 5.74) is 0.903. The molecule has 1 aliphatic heterocycles. The Morgan fingerprint density at radius 2 is 1.95 bits per heavy atom. The number of likely N-dealkylation sites (N-methyl/N-ethyl adjacent to an activating group) is 1. The molecular weight excluding hydrogens is 256 g/mol. The maximum absolute atomic E-state index is 12.0. The predicted octanol–water partition coefficient (Wildman–Crippen LogP) is 1.15. The number of nitrogens with one attached hydrogen (secondary N) is 3. The summed E-state index contributed by atoms with van der Waals surface area (Å²) in [5.74, 6) is -0.105. The molecule has 0 spiro atoms. The van der Waals surface area contributed by atoms with Crippen LogP contribution in [0.1, 0.15) is 13.8 Å². The number of urea groups is 1. The van der Waals surface area contributed by atoms with Crippen molar-refractivity contribution in [2.24, 2.45) is 0 Å². The molecule has 6 heteroatoms. The van der Waals surface area contributed by atoms with Gasteiger partial charge in [0.2, 0.25) is 5.91 Å². The first kappa shape index (κ1) is 14.3. The van der Waals surface area contributed by atoms with Crippen LogP contribution in [0.3, 0.4) is 0 Å². The molecule has 108 valence electrons. The van der Waals surface area contributed by atoms with Gasteiger partial charge in [0.25, 0.3) is 0 Å². The van der Waals surface area contributed by atoms with Gasteiger partial charge in [0.15, 0.2) is 0 Å².